The smallest absolute Gasteiger partial charge is 0.248 e. The van der Waals surface area contributed by atoms with Crippen molar-refractivity contribution >= 4 is 33.7 Å². The van der Waals surface area contributed by atoms with Crippen LogP contribution < -0.4 is 0 Å². The van der Waals surface area contributed by atoms with Crippen LogP contribution >= 0.6 is 15.9 Å². The summed E-state index contributed by atoms with van der Waals surface area (Å²) in [4.78, 5) is 46.4. The second-order valence-corrected chi connectivity index (χ2v) is 11.1. The molecule has 0 aliphatic carbocycles. The Morgan fingerprint density at radius 2 is 1.91 bits per heavy atom. The van der Waals surface area contributed by atoms with Crippen LogP contribution in [0.4, 0.5) is 0 Å². The van der Waals surface area contributed by atoms with E-state index in [2.05, 4.69) is 29.1 Å². The number of nitrogens with zero attached hydrogens (tertiary/aromatic N) is 3. The zero-order chi connectivity index (χ0) is 25.4. The molecule has 0 saturated carbocycles. The van der Waals surface area contributed by atoms with E-state index < -0.39 is 35.6 Å². The zero-order valence-corrected chi connectivity index (χ0v) is 22.2. The molecule has 8 nitrogen and oxygen atoms in total. The number of rotatable bonds is 11. The van der Waals surface area contributed by atoms with Gasteiger partial charge in [-0.05, 0) is 33.6 Å². The van der Waals surface area contributed by atoms with E-state index in [0.29, 0.717) is 26.1 Å². The maximum absolute atomic E-state index is 14.0. The van der Waals surface area contributed by atoms with Gasteiger partial charge in [0.25, 0.3) is 0 Å². The Morgan fingerprint density at radius 1 is 1.26 bits per heavy atom. The average molecular weight is 540 g/mol. The van der Waals surface area contributed by atoms with Gasteiger partial charge in [-0.25, -0.2) is 0 Å². The molecule has 190 valence electrons. The number of carbonyl (C=O) groups is 3. The highest BCUT2D eigenvalue weighted by Crippen LogP contribution is 2.60. The standard InChI is InChI=1S/C25H38BrN3O5/c1-7-10-27(11-8-2)22(31)18-19-23(32)29(16(6)14-30)21(24(33)28(12-9-3)15(4)5)25(19)13-17(26)20(18)34-25/h7,9,15-21,30H,1,3,8,10-14H2,2,4-6H3/t16-,17?,18-,19+,20-,21?,25?/m1/s1. The Balaban J connectivity index is 2.10. The Hall–Kier alpha value is -1.71. The molecule has 0 radical (unpaired) electrons. The van der Waals surface area contributed by atoms with Gasteiger partial charge in [-0.15, -0.1) is 13.2 Å². The predicted octanol–water partition coefficient (Wildman–Crippen LogP) is 1.96. The second-order valence-electron chi connectivity index (χ2n) is 9.89. The molecule has 0 aromatic rings. The van der Waals surface area contributed by atoms with Crippen LogP contribution in [0.25, 0.3) is 0 Å². The molecule has 3 aliphatic heterocycles. The van der Waals surface area contributed by atoms with E-state index in [1.54, 1.807) is 28.9 Å². The van der Waals surface area contributed by atoms with Crippen molar-refractivity contribution in [3.05, 3.63) is 25.3 Å². The van der Waals surface area contributed by atoms with Crippen molar-refractivity contribution in [3.63, 3.8) is 0 Å². The van der Waals surface area contributed by atoms with Crippen LogP contribution in [0.15, 0.2) is 25.3 Å². The molecule has 3 heterocycles. The topological polar surface area (TPSA) is 90.4 Å². The van der Waals surface area contributed by atoms with E-state index in [9.17, 15) is 19.5 Å². The van der Waals surface area contributed by atoms with Gasteiger partial charge in [0.05, 0.1) is 30.6 Å². The van der Waals surface area contributed by atoms with E-state index in [1.807, 2.05) is 20.8 Å². The summed E-state index contributed by atoms with van der Waals surface area (Å²) in [5.74, 6) is -2.15. The highest BCUT2D eigenvalue weighted by molar-refractivity contribution is 9.09. The molecule has 9 heteroatoms. The van der Waals surface area contributed by atoms with Crippen molar-refractivity contribution < 1.29 is 24.2 Å². The zero-order valence-electron chi connectivity index (χ0n) is 20.7. The summed E-state index contributed by atoms with van der Waals surface area (Å²) >= 11 is 3.69. The largest absolute Gasteiger partial charge is 0.394 e. The minimum atomic E-state index is -1.13. The number of hydrogen-bond donors (Lipinski definition) is 1. The minimum Gasteiger partial charge on any atom is -0.394 e. The quantitative estimate of drug-likeness (QED) is 0.320. The number of fused-ring (bicyclic) bond motifs is 1. The maximum atomic E-state index is 14.0. The normalized spacial score (nSPS) is 32.6. The maximum Gasteiger partial charge on any atom is 0.248 e. The van der Waals surface area contributed by atoms with Crippen LogP contribution in [0.1, 0.15) is 40.5 Å². The van der Waals surface area contributed by atoms with Gasteiger partial charge in [-0.1, -0.05) is 35.0 Å². The fourth-order valence-electron chi connectivity index (χ4n) is 5.97. The summed E-state index contributed by atoms with van der Waals surface area (Å²) in [6, 6.07) is -1.63. The van der Waals surface area contributed by atoms with Gasteiger partial charge in [-0.3, -0.25) is 14.4 Å². The monoisotopic (exact) mass is 539 g/mol. The first kappa shape index (κ1) is 26.9. The van der Waals surface area contributed by atoms with Crippen molar-refractivity contribution in [3.8, 4) is 0 Å². The van der Waals surface area contributed by atoms with Crippen molar-refractivity contribution in [2.24, 2.45) is 11.8 Å². The fraction of sp³-hybridized carbons (Fsp3) is 0.720. The molecule has 3 unspecified atom stereocenters. The van der Waals surface area contributed by atoms with E-state index in [0.717, 1.165) is 6.42 Å². The molecule has 0 aromatic heterocycles. The van der Waals surface area contributed by atoms with E-state index in [-0.39, 0.29) is 35.2 Å². The summed E-state index contributed by atoms with van der Waals surface area (Å²) in [6.45, 7) is 16.1. The minimum absolute atomic E-state index is 0.120. The SMILES string of the molecule is C=CCN(CCC)C(=O)[C@H]1[C@@H]2OC3(CC2Br)C(C(=O)N(CC=C)C(C)C)N([C@H](C)CO)C(=O)[C@H]13. The summed E-state index contributed by atoms with van der Waals surface area (Å²) in [5.41, 5.74) is -1.13. The third kappa shape index (κ3) is 4.13. The van der Waals surface area contributed by atoms with Crippen LogP contribution in [0.2, 0.25) is 0 Å². The van der Waals surface area contributed by atoms with Crippen LogP contribution in [0.3, 0.4) is 0 Å². The number of likely N-dealkylation sites (tertiary alicyclic amines) is 1. The summed E-state index contributed by atoms with van der Waals surface area (Å²) in [6.07, 6.45) is 4.06. The lowest BCUT2D eigenvalue weighted by Gasteiger charge is -2.39. The molecule has 2 bridgehead atoms. The van der Waals surface area contributed by atoms with Gasteiger partial charge in [0, 0.05) is 30.5 Å². The first-order valence-corrected chi connectivity index (χ1v) is 13.1. The molecule has 34 heavy (non-hydrogen) atoms. The van der Waals surface area contributed by atoms with Gasteiger partial charge in [-0.2, -0.15) is 0 Å². The first-order chi connectivity index (χ1) is 16.1. The van der Waals surface area contributed by atoms with E-state index >= 15 is 0 Å². The highest BCUT2D eigenvalue weighted by atomic mass is 79.9. The highest BCUT2D eigenvalue weighted by Gasteiger charge is 2.77. The molecule has 1 spiro atoms. The van der Waals surface area contributed by atoms with Crippen molar-refractivity contribution in [2.75, 3.05) is 26.2 Å². The first-order valence-electron chi connectivity index (χ1n) is 12.2. The lowest BCUT2D eigenvalue weighted by molar-refractivity contribution is -0.152. The average Bonchev–Trinajstić information content (AvgIpc) is 3.39. The van der Waals surface area contributed by atoms with Gasteiger partial charge in [0.1, 0.15) is 11.6 Å². The molecule has 1 N–H and O–H groups in total. The number of ether oxygens (including phenoxy) is 1. The molecule has 3 saturated heterocycles. The Bertz CT molecular complexity index is 835. The van der Waals surface area contributed by atoms with Crippen molar-refractivity contribution in [2.45, 2.75) is 75.2 Å². The third-order valence-corrected chi connectivity index (χ3v) is 8.22. The summed E-state index contributed by atoms with van der Waals surface area (Å²) in [7, 11) is 0. The molecule has 3 amide bonds. The van der Waals surface area contributed by atoms with Crippen molar-refractivity contribution in [1.82, 2.24) is 14.7 Å². The summed E-state index contributed by atoms with van der Waals surface area (Å²) < 4.78 is 6.54. The van der Waals surface area contributed by atoms with Crippen LogP contribution in [0.5, 0.6) is 0 Å². The number of amides is 3. The van der Waals surface area contributed by atoms with E-state index in [4.69, 9.17) is 4.74 Å². The van der Waals surface area contributed by atoms with Gasteiger partial charge in [0.15, 0.2) is 0 Å². The molecule has 3 rings (SSSR count). The number of alkyl halides is 1. The molecular formula is C25H38BrN3O5. The van der Waals surface area contributed by atoms with Crippen molar-refractivity contribution in [1.29, 1.82) is 0 Å². The predicted molar refractivity (Wildman–Crippen MR) is 133 cm³/mol. The second kappa shape index (κ2) is 10.5. The van der Waals surface area contributed by atoms with E-state index in [1.165, 1.54) is 4.90 Å². The Morgan fingerprint density at radius 3 is 2.44 bits per heavy atom. The lowest BCUT2D eigenvalue weighted by Crippen LogP contribution is -2.59. The number of carbonyl (C=O) groups excluding carboxylic acids is 3. The molecule has 3 fully saturated rings. The van der Waals surface area contributed by atoms with Crippen LogP contribution in [-0.2, 0) is 19.1 Å². The molecular weight excluding hydrogens is 502 g/mol. The van der Waals surface area contributed by atoms with Crippen LogP contribution in [0, 0.1) is 11.8 Å². The van der Waals surface area contributed by atoms with Crippen LogP contribution in [-0.4, -0.2) is 98.4 Å². The van der Waals surface area contributed by atoms with Gasteiger partial charge < -0.3 is 24.5 Å². The molecule has 3 aliphatic rings. The van der Waals surface area contributed by atoms with Gasteiger partial charge in [0.2, 0.25) is 17.7 Å². The number of aliphatic hydroxyl groups is 1. The Kier molecular flexibility index (Phi) is 8.30. The number of halogens is 1. The number of hydrogen-bond acceptors (Lipinski definition) is 5. The fourth-order valence-corrected chi connectivity index (χ4v) is 6.91. The molecule has 7 atom stereocenters. The van der Waals surface area contributed by atoms with Gasteiger partial charge >= 0.3 is 0 Å². The third-order valence-electron chi connectivity index (χ3n) is 7.37. The number of aliphatic hydroxyl groups excluding tert-OH is 1. The Labute approximate surface area is 211 Å². The molecule has 0 aromatic carbocycles. The lowest BCUT2D eigenvalue weighted by atomic mass is 9.70. The summed E-state index contributed by atoms with van der Waals surface area (Å²) in [5, 5.41) is 9.98.